The van der Waals surface area contributed by atoms with Gasteiger partial charge in [0.05, 0.1) is 19.1 Å². The molecule has 132 valence electrons. The van der Waals surface area contributed by atoms with Gasteiger partial charge in [-0.3, -0.25) is 9.59 Å². The van der Waals surface area contributed by atoms with Crippen LogP contribution in [0.25, 0.3) is 0 Å². The SMILES string of the molecule is CCCCOc1ccc(C(=O)N2CCC(C(=O)O)C2)cc1OCC. The zero-order chi connectivity index (χ0) is 17.5. The molecule has 0 aliphatic carbocycles. The van der Waals surface area contributed by atoms with E-state index in [2.05, 4.69) is 6.92 Å². The molecule has 1 atom stereocenters. The molecule has 1 aliphatic rings. The number of aliphatic carboxylic acids is 1. The van der Waals surface area contributed by atoms with Crippen molar-refractivity contribution < 1.29 is 24.2 Å². The molecule has 0 radical (unpaired) electrons. The molecule has 0 aromatic heterocycles. The summed E-state index contributed by atoms with van der Waals surface area (Å²) in [5, 5.41) is 9.06. The lowest BCUT2D eigenvalue weighted by molar-refractivity contribution is -0.141. The maximum atomic E-state index is 12.6. The molecular formula is C18H25NO5. The van der Waals surface area contributed by atoms with Gasteiger partial charge in [-0.15, -0.1) is 0 Å². The van der Waals surface area contributed by atoms with E-state index in [0.29, 0.717) is 43.2 Å². The number of ether oxygens (including phenoxy) is 2. The average Bonchev–Trinajstić information content (AvgIpc) is 3.06. The fraction of sp³-hybridized carbons (Fsp3) is 0.556. The van der Waals surface area contributed by atoms with Gasteiger partial charge in [0, 0.05) is 18.7 Å². The first kappa shape index (κ1) is 18.1. The van der Waals surface area contributed by atoms with Crippen molar-refractivity contribution in [2.45, 2.75) is 33.1 Å². The van der Waals surface area contributed by atoms with Crippen LogP contribution in [0, 0.1) is 5.92 Å². The van der Waals surface area contributed by atoms with Crippen LogP contribution in [0.4, 0.5) is 0 Å². The summed E-state index contributed by atoms with van der Waals surface area (Å²) in [7, 11) is 0. The highest BCUT2D eigenvalue weighted by molar-refractivity contribution is 5.95. The number of amides is 1. The largest absolute Gasteiger partial charge is 0.490 e. The van der Waals surface area contributed by atoms with Gasteiger partial charge in [-0.2, -0.15) is 0 Å². The smallest absolute Gasteiger partial charge is 0.308 e. The van der Waals surface area contributed by atoms with Crippen LogP contribution in [0.2, 0.25) is 0 Å². The van der Waals surface area contributed by atoms with Gasteiger partial charge in [-0.05, 0) is 38.0 Å². The molecule has 1 N–H and O–H groups in total. The highest BCUT2D eigenvalue weighted by Crippen LogP contribution is 2.30. The Morgan fingerprint density at radius 3 is 2.67 bits per heavy atom. The number of likely N-dealkylation sites (tertiary alicyclic amines) is 1. The molecule has 2 rings (SSSR count). The summed E-state index contributed by atoms with van der Waals surface area (Å²) >= 11 is 0. The van der Waals surface area contributed by atoms with Gasteiger partial charge in [0.15, 0.2) is 11.5 Å². The van der Waals surface area contributed by atoms with Crippen molar-refractivity contribution in [1.29, 1.82) is 0 Å². The molecule has 0 bridgehead atoms. The number of hydrogen-bond donors (Lipinski definition) is 1. The number of nitrogens with zero attached hydrogens (tertiary/aromatic N) is 1. The van der Waals surface area contributed by atoms with Gasteiger partial charge in [0.2, 0.25) is 0 Å². The molecule has 1 aromatic carbocycles. The van der Waals surface area contributed by atoms with E-state index >= 15 is 0 Å². The highest BCUT2D eigenvalue weighted by Gasteiger charge is 2.31. The van der Waals surface area contributed by atoms with E-state index in [0.717, 1.165) is 12.8 Å². The second-order valence-electron chi connectivity index (χ2n) is 5.87. The molecule has 1 unspecified atom stereocenters. The number of benzene rings is 1. The van der Waals surface area contributed by atoms with Crippen LogP contribution in [-0.2, 0) is 4.79 Å². The predicted molar refractivity (Wildman–Crippen MR) is 89.7 cm³/mol. The zero-order valence-corrected chi connectivity index (χ0v) is 14.3. The minimum atomic E-state index is -0.847. The molecule has 24 heavy (non-hydrogen) atoms. The summed E-state index contributed by atoms with van der Waals surface area (Å²) in [5.74, 6) is -0.308. The van der Waals surface area contributed by atoms with Crippen molar-refractivity contribution >= 4 is 11.9 Å². The third-order valence-corrected chi connectivity index (χ3v) is 4.07. The summed E-state index contributed by atoms with van der Waals surface area (Å²) in [6, 6.07) is 5.14. The van der Waals surface area contributed by atoms with E-state index in [1.807, 2.05) is 6.92 Å². The second kappa shape index (κ2) is 8.57. The standard InChI is InChI=1S/C18H25NO5/c1-3-5-10-24-15-7-6-13(11-16(15)23-4-2)17(20)19-9-8-14(12-19)18(21)22/h6-7,11,14H,3-5,8-10,12H2,1-2H3,(H,21,22). The lowest BCUT2D eigenvalue weighted by Crippen LogP contribution is -2.29. The monoisotopic (exact) mass is 335 g/mol. The molecule has 1 fully saturated rings. The van der Waals surface area contributed by atoms with Crippen LogP contribution in [0.1, 0.15) is 43.5 Å². The van der Waals surface area contributed by atoms with Crippen molar-refractivity contribution in [1.82, 2.24) is 4.90 Å². The van der Waals surface area contributed by atoms with E-state index in [-0.39, 0.29) is 12.5 Å². The van der Waals surface area contributed by atoms with Gasteiger partial charge >= 0.3 is 5.97 Å². The summed E-state index contributed by atoms with van der Waals surface area (Å²) in [4.78, 5) is 25.2. The van der Waals surface area contributed by atoms with Crippen molar-refractivity contribution in [2.24, 2.45) is 5.92 Å². The lowest BCUT2D eigenvalue weighted by Gasteiger charge is -2.18. The molecule has 1 heterocycles. The number of rotatable bonds is 8. The van der Waals surface area contributed by atoms with Crippen LogP contribution >= 0.6 is 0 Å². The fourth-order valence-corrected chi connectivity index (χ4v) is 2.68. The Hall–Kier alpha value is -2.24. The lowest BCUT2D eigenvalue weighted by atomic mass is 10.1. The maximum Gasteiger partial charge on any atom is 0.308 e. The number of carbonyl (C=O) groups excluding carboxylic acids is 1. The van der Waals surface area contributed by atoms with Crippen molar-refractivity contribution in [3.8, 4) is 11.5 Å². The number of carbonyl (C=O) groups is 2. The van der Waals surface area contributed by atoms with Crippen LogP contribution in [0.5, 0.6) is 11.5 Å². The number of carboxylic acid groups (broad SMARTS) is 1. The molecule has 6 heteroatoms. The van der Waals surface area contributed by atoms with Gasteiger partial charge in [-0.1, -0.05) is 13.3 Å². The second-order valence-corrected chi connectivity index (χ2v) is 5.87. The Kier molecular flexibility index (Phi) is 6.46. The number of unbranched alkanes of at least 4 members (excludes halogenated alkanes) is 1. The van der Waals surface area contributed by atoms with Gasteiger partial charge in [-0.25, -0.2) is 0 Å². The molecule has 0 saturated carbocycles. The Labute approximate surface area is 142 Å². The van der Waals surface area contributed by atoms with Crippen LogP contribution in [0.15, 0.2) is 18.2 Å². The highest BCUT2D eigenvalue weighted by atomic mass is 16.5. The Bertz CT molecular complexity index is 587. The quantitative estimate of drug-likeness (QED) is 0.739. The van der Waals surface area contributed by atoms with Gasteiger partial charge < -0.3 is 19.5 Å². The molecule has 1 saturated heterocycles. The predicted octanol–water partition coefficient (Wildman–Crippen LogP) is 2.81. The van der Waals surface area contributed by atoms with Gasteiger partial charge in [0.25, 0.3) is 5.91 Å². The van der Waals surface area contributed by atoms with E-state index < -0.39 is 11.9 Å². The number of hydrogen-bond acceptors (Lipinski definition) is 4. The first-order valence-electron chi connectivity index (χ1n) is 8.48. The van der Waals surface area contributed by atoms with Gasteiger partial charge in [0.1, 0.15) is 0 Å². The molecule has 0 spiro atoms. The van der Waals surface area contributed by atoms with Crippen molar-refractivity contribution in [2.75, 3.05) is 26.3 Å². The fourth-order valence-electron chi connectivity index (χ4n) is 2.68. The first-order chi connectivity index (χ1) is 11.6. The maximum absolute atomic E-state index is 12.6. The van der Waals surface area contributed by atoms with E-state index in [9.17, 15) is 9.59 Å². The topological polar surface area (TPSA) is 76.1 Å². The Morgan fingerprint density at radius 2 is 2.04 bits per heavy atom. The molecule has 1 aromatic rings. The summed E-state index contributed by atoms with van der Waals surface area (Å²) in [6.07, 6.45) is 2.49. The third kappa shape index (κ3) is 4.40. The number of carboxylic acids is 1. The van der Waals surface area contributed by atoms with E-state index in [1.165, 1.54) is 0 Å². The Morgan fingerprint density at radius 1 is 1.25 bits per heavy atom. The first-order valence-corrected chi connectivity index (χ1v) is 8.48. The summed E-state index contributed by atoms with van der Waals surface area (Å²) in [6.45, 7) is 5.78. The zero-order valence-electron chi connectivity index (χ0n) is 14.3. The molecule has 1 aliphatic heterocycles. The van der Waals surface area contributed by atoms with E-state index in [1.54, 1.807) is 23.1 Å². The minimum absolute atomic E-state index is 0.167. The summed E-state index contributed by atoms with van der Waals surface area (Å²) < 4.78 is 11.3. The normalized spacial score (nSPS) is 16.9. The summed E-state index contributed by atoms with van der Waals surface area (Å²) in [5.41, 5.74) is 0.493. The molecule has 6 nitrogen and oxygen atoms in total. The molecule has 1 amide bonds. The minimum Gasteiger partial charge on any atom is -0.490 e. The van der Waals surface area contributed by atoms with Crippen molar-refractivity contribution in [3.05, 3.63) is 23.8 Å². The Balaban J connectivity index is 2.11. The van der Waals surface area contributed by atoms with Crippen LogP contribution in [0.3, 0.4) is 0 Å². The third-order valence-electron chi connectivity index (χ3n) is 4.07. The van der Waals surface area contributed by atoms with E-state index in [4.69, 9.17) is 14.6 Å². The van der Waals surface area contributed by atoms with Crippen LogP contribution < -0.4 is 9.47 Å². The van der Waals surface area contributed by atoms with Crippen LogP contribution in [-0.4, -0.2) is 48.2 Å². The van der Waals surface area contributed by atoms with Crippen molar-refractivity contribution in [3.63, 3.8) is 0 Å². The average molecular weight is 335 g/mol. The molecular weight excluding hydrogens is 310 g/mol.